The second kappa shape index (κ2) is 3.05. The zero-order valence-electron chi connectivity index (χ0n) is 8.67. The normalized spacial score (nSPS) is 30.0. The molecule has 1 atom stereocenters. The highest BCUT2D eigenvalue weighted by Crippen LogP contribution is 2.49. The Morgan fingerprint density at radius 3 is 2.80 bits per heavy atom. The molecule has 0 radical (unpaired) electrons. The summed E-state index contributed by atoms with van der Waals surface area (Å²) in [7, 11) is 0. The number of hydrogen-bond acceptors (Lipinski definition) is 1. The molecule has 1 unspecified atom stereocenters. The lowest BCUT2D eigenvalue weighted by Crippen LogP contribution is -2.37. The van der Waals surface area contributed by atoms with Gasteiger partial charge in [-0.3, -0.25) is 0 Å². The average molecular weight is 206 g/mol. The molecule has 0 aromatic heterocycles. The molecular weight excluding hydrogens is 191 g/mol. The number of aryl methyl sites for hydroxylation is 1. The first-order valence-corrected chi connectivity index (χ1v) is 5.71. The molecule has 0 saturated heterocycles. The molecule has 15 heavy (non-hydrogen) atoms. The molecule has 1 fully saturated rings. The third-order valence-corrected chi connectivity index (χ3v) is 4.09. The van der Waals surface area contributed by atoms with E-state index in [1.54, 1.807) is 12.1 Å². The molecule has 1 nitrogen and oxygen atoms in total. The van der Waals surface area contributed by atoms with Crippen molar-refractivity contribution in [3.63, 3.8) is 0 Å². The maximum Gasteiger partial charge on any atom is 0.123 e. The van der Waals surface area contributed by atoms with Crippen LogP contribution < -0.4 is 0 Å². The SMILES string of the molecule is OC1(C2CCC2)CCc2cc(F)ccc21. The number of benzene rings is 1. The number of hydrogen-bond donors (Lipinski definition) is 1. The summed E-state index contributed by atoms with van der Waals surface area (Å²) in [5, 5.41) is 10.6. The quantitative estimate of drug-likeness (QED) is 0.749. The summed E-state index contributed by atoms with van der Waals surface area (Å²) in [6.07, 6.45) is 5.06. The van der Waals surface area contributed by atoms with Crippen LogP contribution in [0.1, 0.15) is 36.8 Å². The molecule has 1 saturated carbocycles. The van der Waals surface area contributed by atoms with Crippen LogP contribution in [0.3, 0.4) is 0 Å². The third-order valence-electron chi connectivity index (χ3n) is 4.09. The monoisotopic (exact) mass is 206 g/mol. The summed E-state index contributed by atoms with van der Waals surface area (Å²) in [6, 6.07) is 4.82. The van der Waals surface area contributed by atoms with E-state index in [1.165, 1.54) is 12.5 Å². The van der Waals surface area contributed by atoms with Crippen molar-refractivity contribution in [2.45, 2.75) is 37.7 Å². The first-order valence-electron chi connectivity index (χ1n) is 5.71. The maximum atomic E-state index is 13.0. The van der Waals surface area contributed by atoms with Gasteiger partial charge in [-0.05, 0) is 54.9 Å². The van der Waals surface area contributed by atoms with Crippen LogP contribution in [0.4, 0.5) is 4.39 Å². The second-order valence-electron chi connectivity index (χ2n) is 4.85. The van der Waals surface area contributed by atoms with E-state index in [2.05, 4.69) is 0 Å². The Hall–Kier alpha value is -0.890. The standard InChI is InChI=1S/C13H15FO/c14-11-4-5-12-9(8-11)6-7-13(12,15)10-2-1-3-10/h4-5,8,10,15H,1-3,6-7H2. The van der Waals surface area contributed by atoms with Crippen molar-refractivity contribution in [2.75, 3.05) is 0 Å². The van der Waals surface area contributed by atoms with Crippen LogP contribution in [0.2, 0.25) is 0 Å². The molecule has 2 aliphatic rings. The van der Waals surface area contributed by atoms with Crippen LogP contribution in [0.15, 0.2) is 18.2 Å². The van der Waals surface area contributed by atoms with Gasteiger partial charge in [0.2, 0.25) is 0 Å². The molecular formula is C13H15FO. The molecule has 0 amide bonds. The van der Waals surface area contributed by atoms with E-state index >= 15 is 0 Å². The predicted octanol–water partition coefficient (Wildman–Crippen LogP) is 2.76. The van der Waals surface area contributed by atoms with E-state index in [-0.39, 0.29) is 5.82 Å². The van der Waals surface area contributed by atoms with Gasteiger partial charge in [0.1, 0.15) is 5.82 Å². The van der Waals surface area contributed by atoms with Gasteiger partial charge in [0.05, 0.1) is 5.60 Å². The molecule has 0 bridgehead atoms. The molecule has 0 spiro atoms. The number of aliphatic hydroxyl groups is 1. The summed E-state index contributed by atoms with van der Waals surface area (Å²) in [5.74, 6) is 0.218. The Kier molecular flexibility index (Phi) is 1.90. The molecule has 0 aliphatic heterocycles. The topological polar surface area (TPSA) is 20.2 Å². The molecule has 3 rings (SSSR count). The predicted molar refractivity (Wildman–Crippen MR) is 56.0 cm³/mol. The average Bonchev–Trinajstić information content (AvgIpc) is 2.41. The first-order chi connectivity index (χ1) is 7.20. The van der Waals surface area contributed by atoms with Crippen LogP contribution in [0, 0.1) is 11.7 Å². The van der Waals surface area contributed by atoms with Crippen molar-refractivity contribution in [1.29, 1.82) is 0 Å². The third kappa shape index (κ3) is 1.24. The van der Waals surface area contributed by atoms with Gasteiger partial charge >= 0.3 is 0 Å². The Balaban J connectivity index is 2.03. The van der Waals surface area contributed by atoms with Crippen molar-refractivity contribution in [2.24, 2.45) is 5.92 Å². The van der Waals surface area contributed by atoms with Crippen molar-refractivity contribution < 1.29 is 9.50 Å². The number of halogens is 1. The molecule has 2 heteroatoms. The fraction of sp³-hybridized carbons (Fsp3) is 0.538. The summed E-state index contributed by atoms with van der Waals surface area (Å²) in [4.78, 5) is 0. The molecule has 0 heterocycles. The van der Waals surface area contributed by atoms with Crippen LogP contribution in [0.5, 0.6) is 0 Å². The van der Waals surface area contributed by atoms with Gasteiger partial charge in [0.25, 0.3) is 0 Å². The van der Waals surface area contributed by atoms with Gasteiger partial charge in [-0.2, -0.15) is 0 Å². The van der Waals surface area contributed by atoms with Gasteiger partial charge in [-0.25, -0.2) is 4.39 Å². The van der Waals surface area contributed by atoms with E-state index in [1.807, 2.05) is 0 Å². The van der Waals surface area contributed by atoms with Gasteiger partial charge in [0, 0.05) is 0 Å². The van der Waals surface area contributed by atoms with Gasteiger partial charge in [-0.15, -0.1) is 0 Å². The maximum absolute atomic E-state index is 13.0. The van der Waals surface area contributed by atoms with Crippen LogP contribution >= 0.6 is 0 Å². The smallest absolute Gasteiger partial charge is 0.123 e. The number of rotatable bonds is 1. The highest BCUT2D eigenvalue weighted by molar-refractivity contribution is 5.38. The van der Waals surface area contributed by atoms with Crippen LogP contribution in [0.25, 0.3) is 0 Å². The van der Waals surface area contributed by atoms with Gasteiger partial charge in [0.15, 0.2) is 0 Å². The molecule has 80 valence electrons. The molecule has 1 N–H and O–H groups in total. The van der Waals surface area contributed by atoms with E-state index in [0.717, 1.165) is 36.8 Å². The summed E-state index contributed by atoms with van der Waals surface area (Å²) < 4.78 is 13.0. The second-order valence-corrected chi connectivity index (χ2v) is 4.85. The Bertz CT molecular complexity index is 398. The van der Waals surface area contributed by atoms with E-state index < -0.39 is 5.60 Å². The van der Waals surface area contributed by atoms with Crippen LogP contribution in [-0.4, -0.2) is 5.11 Å². The van der Waals surface area contributed by atoms with Gasteiger partial charge < -0.3 is 5.11 Å². The lowest BCUT2D eigenvalue weighted by molar-refractivity contribution is -0.0545. The minimum absolute atomic E-state index is 0.188. The molecule has 2 aliphatic carbocycles. The zero-order valence-corrected chi connectivity index (χ0v) is 8.67. The van der Waals surface area contributed by atoms with E-state index in [0.29, 0.717) is 5.92 Å². The van der Waals surface area contributed by atoms with Crippen molar-refractivity contribution in [3.8, 4) is 0 Å². The fourth-order valence-corrected chi connectivity index (χ4v) is 2.96. The summed E-state index contributed by atoms with van der Waals surface area (Å²) in [5.41, 5.74) is 1.33. The Morgan fingerprint density at radius 2 is 2.13 bits per heavy atom. The minimum Gasteiger partial charge on any atom is -0.385 e. The zero-order chi connectivity index (χ0) is 10.5. The van der Waals surface area contributed by atoms with E-state index in [4.69, 9.17) is 0 Å². The van der Waals surface area contributed by atoms with Gasteiger partial charge in [-0.1, -0.05) is 12.5 Å². The number of fused-ring (bicyclic) bond motifs is 1. The van der Waals surface area contributed by atoms with Crippen LogP contribution in [-0.2, 0) is 12.0 Å². The highest BCUT2D eigenvalue weighted by atomic mass is 19.1. The summed E-state index contributed by atoms with van der Waals surface area (Å²) >= 11 is 0. The lowest BCUT2D eigenvalue weighted by atomic mass is 9.70. The highest BCUT2D eigenvalue weighted by Gasteiger charge is 2.45. The fourth-order valence-electron chi connectivity index (χ4n) is 2.96. The van der Waals surface area contributed by atoms with Crippen molar-refractivity contribution in [1.82, 2.24) is 0 Å². The van der Waals surface area contributed by atoms with E-state index in [9.17, 15) is 9.50 Å². The van der Waals surface area contributed by atoms with Crippen molar-refractivity contribution >= 4 is 0 Å². The molecule has 1 aromatic rings. The first kappa shape index (κ1) is 9.34. The van der Waals surface area contributed by atoms with Crippen molar-refractivity contribution in [3.05, 3.63) is 35.1 Å². The minimum atomic E-state index is -0.652. The summed E-state index contributed by atoms with van der Waals surface area (Å²) in [6.45, 7) is 0. The Morgan fingerprint density at radius 1 is 1.33 bits per heavy atom. The Labute approximate surface area is 88.9 Å². The largest absolute Gasteiger partial charge is 0.385 e. The lowest BCUT2D eigenvalue weighted by Gasteiger charge is -2.39. The molecule has 1 aromatic carbocycles.